The van der Waals surface area contributed by atoms with Gasteiger partial charge in [-0.1, -0.05) is 20.8 Å². The number of nitrogens with zero attached hydrogens (tertiary/aromatic N) is 1. The number of benzene rings is 1. The molecule has 0 bridgehead atoms. The Labute approximate surface area is 169 Å². The van der Waals surface area contributed by atoms with E-state index in [0.717, 1.165) is 16.1 Å². The Kier molecular flexibility index (Phi) is 6.66. The van der Waals surface area contributed by atoms with E-state index >= 15 is 0 Å². The minimum atomic E-state index is -0.666. The van der Waals surface area contributed by atoms with Crippen LogP contribution in [0.3, 0.4) is 0 Å². The molecule has 0 aliphatic rings. The van der Waals surface area contributed by atoms with E-state index in [1.807, 2.05) is 25.1 Å². The van der Waals surface area contributed by atoms with Crippen LogP contribution < -0.4 is 20.1 Å². The maximum atomic E-state index is 12.4. The Hall–Kier alpha value is -2.61. The fourth-order valence-corrected chi connectivity index (χ4v) is 3.23. The van der Waals surface area contributed by atoms with Crippen molar-refractivity contribution >= 4 is 28.3 Å². The summed E-state index contributed by atoms with van der Waals surface area (Å²) < 4.78 is 10.6. The lowest BCUT2D eigenvalue weighted by molar-refractivity contribution is -0.131. The Morgan fingerprint density at radius 1 is 1.14 bits per heavy atom. The minimum absolute atomic E-state index is 0.184. The van der Waals surface area contributed by atoms with Crippen molar-refractivity contribution in [2.75, 3.05) is 19.5 Å². The van der Waals surface area contributed by atoms with Crippen LogP contribution in [0, 0.1) is 12.3 Å². The molecule has 0 spiro atoms. The first-order valence-electron chi connectivity index (χ1n) is 8.88. The zero-order valence-electron chi connectivity index (χ0n) is 17.3. The average Bonchev–Trinajstić information content (AvgIpc) is 3.00. The molecule has 0 aliphatic heterocycles. The summed E-state index contributed by atoms with van der Waals surface area (Å²) in [6.07, 6.45) is 0. The van der Waals surface area contributed by atoms with Crippen LogP contribution in [0.2, 0.25) is 0 Å². The van der Waals surface area contributed by atoms with Crippen LogP contribution in [0.4, 0.5) is 5.13 Å². The lowest BCUT2D eigenvalue weighted by Gasteiger charge is -2.21. The second-order valence-corrected chi connectivity index (χ2v) is 8.63. The molecule has 1 aromatic heterocycles. The number of aromatic nitrogens is 1. The Morgan fingerprint density at radius 3 is 2.36 bits per heavy atom. The third kappa shape index (κ3) is 5.01. The second kappa shape index (κ2) is 8.60. The molecule has 0 fully saturated rings. The Bertz CT molecular complexity index is 871. The van der Waals surface area contributed by atoms with E-state index in [0.29, 0.717) is 16.6 Å². The van der Waals surface area contributed by atoms with Crippen LogP contribution in [-0.4, -0.2) is 37.1 Å². The normalized spacial score (nSPS) is 12.2. The molecule has 28 heavy (non-hydrogen) atoms. The maximum absolute atomic E-state index is 12.4. The number of rotatable bonds is 6. The van der Waals surface area contributed by atoms with E-state index in [1.165, 1.54) is 11.3 Å². The minimum Gasteiger partial charge on any atom is -0.493 e. The summed E-state index contributed by atoms with van der Waals surface area (Å²) in [4.78, 5) is 30.0. The van der Waals surface area contributed by atoms with Gasteiger partial charge in [-0.15, -0.1) is 11.3 Å². The highest BCUT2D eigenvalue weighted by molar-refractivity contribution is 7.16. The number of amides is 2. The van der Waals surface area contributed by atoms with Crippen molar-refractivity contribution in [2.24, 2.45) is 5.41 Å². The van der Waals surface area contributed by atoms with Gasteiger partial charge in [0.2, 0.25) is 11.8 Å². The van der Waals surface area contributed by atoms with Gasteiger partial charge in [-0.05, 0) is 32.0 Å². The Balaban J connectivity index is 2.16. The lowest BCUT2D eigenvalue weighted by Crippen LogP contribution is -2.46. The van der Waals surface area contributed by atoms with Crippen molar-refractivity contribution in [3.8, 4) is 22.8 Å². The van der Waals surface area contributed by atoms with Crippen molar-refractivity contribution < 1.29 is 19.1 Å². The molecule has 2 aromatic rings. The van der Waals surface area contributed by atoms with E-state index in [4.69, 9.17) is 9.47 Å². The first-order chi connectivity index (χ1) is 13.1. The molecule has 2 amide bonds. The summed E-state index contributed by atoms with van der Waals surface area (Å²) in [5.74, 6) is 0.745. The van der Waals surface area contributed by atoms with Crippen molar-refractivity contribution in [3.63, 3.8) is 0 Å². The number of hydrogen-bond donors (Lipinski definition) is 2. The number of thiazole rings is 1. The number of anilines is 1. The van der Waals surface area contributed by atoms with Gasteiger partial charge >= 0.3 is 0 Å². The van der Waals surface area contributed by atoms with Crippen LogP contribution in [0.25, 0.3) is 11.3 Å². The van der Waals surface area contributed by atoms with E-state index in [2.05, 4.69) is 15.6 Å². The third-order valence-corrected chi connectivity index (χ3v) is 4.99. The van der Waals surface area contributed by atoms with Crippen molar-refractivity contribution in [3.05, 3.63) is 23.1 Å². The van der Waals surface area contributed by atoms with Gasteiger partial charge < -0.3 is 20.1 Å². The highest BCUT2D eigenvalue weighted by atomic mass is 32.1. The van der Waals surface area contributed by atoms with Crippen molar-refractivity contribution in [1.82, 2.24) is 10.3 Å². The number of methoxy groups -OCH3 is 2. The number of hydrogen-bond acceptors (Lipinski definition) is 6. The number of aryl methyl sites for hydroxylation is 1. The Morgan fingerprint density at radius 2 is 1.79 bits per heavy atom. The molecular weight excluding hydrogens is 378 g/mol. The smallest absolute Gasteiger partial charge is 0.248 e. The SMILES string of the molecule is COc1ccc(-c2nc(NC(=O)C(C)NC(=O)C(C)(C)C)sc2C)cc1OC. The largest absolute Gasteiger partial charge is 0.493 e. The number of nitrogens with one attached hydrogen (secondary N) is 2. The molecule has 0 aliphatic carbocycles. The van der Waals surface area contributed by atoms with Crippen LogP contribution in [0.5, 0.6) is 11.5 Å². The molecule has 0 saturated heterocycles. The van der Waals surface area contributed by atoms with Crippen LogP contribution >= 0.6 is 11.3 Å². The molecule has 1 aromatic carbocycles. The van der Waals surface area contributed by atoms with Gasteiger partial charge in [-0.2, -0.15) is 0 Å². The van der Waals surface area contributed by atoms with Crippen LogP contribution in [0.1, 0.15) is 32.6 Å². The summed E-state index contributed by atoms with van der Waals surface area (Å²) in [6.45, 7) is 8.98. The van der Waals surface area contributed by atoms with Gasteiger partial charge in [0.1, 0.15) is 6.04 Å². The van der Waals surface area contributed by atoms with Crippen LogP contribution in [-0.2, 0) is 9.59 Å². The monoisotopic (exact) mass is 405 g/mol. The summed E-state index contributed by atoms with van der Waals surface area (Å²) >= 11 is 1.37. The summed E-state index contributed by atoms with van der Waals surface area (Å²) in [5, 5.41) is 5.97. The molecular formula is C20H27N3O4S. The quantitative estimate of drug-likeness (QED) is 0.766. The van der Waals surface area contributed by atoms with Gasteiger partial charge in [0, 0.05) is 15.9 Å². The number of carbonyl (C=O) groups excluding carboxylic acids is 2. The number of carbonyl (C=O) groups is 2. The van der Waals surface area contributed by atoms with E-state index < -0.39 is 11.5 Å². The predicted octanol–water partition coefficient (Wildman–Crippen LogP) is 3.63. The summed E-state index contributed by atoms with van der Waals surface area (Å²) in [6, 6.07) is 4.88. The first-order valence-corrected chi connectivity index (χ1v) is 9.70. The first kappa shape index (κ1) is 21.7. The van der Waals surface area contributed by atoms with Gasteiger partial charge in [-0.25, -0.2) is 4.98 Å². The molecule has 152 valence electrons. The molecule has 7 nitrogen and oxygen atoms in total. The predicted molar refractivity (Wildman–Crippen MR) is 111 cm³/mol. The highest BCUT2D eigenvalue weighted by Gasteiger charge is 2.25. The van der Waals surface area contributed by atoms with Crippen molar-refractivity contribution in [1.29, 1.82) is 0 Å². The average molecular weight is 406 g/mol. The molecule has 1 atom stereocenters. The second-order valence-electron chi connectivity index (χ2n) is 7.43. The molecule has 1 heterocycles. The summed E-state index contributed by atoms with van der Waals surface area (Å²) in [7, 11) is 3.16. The van der Waals surface area contributed by atoms with E-state index in [1.54, 1.807) is 41.9 Å². The maximum Gasteiger partial charge on any atom is 0.248 e. The van der Waals surface area contributed by atoms with Gasteiger partial charge in [0.05, 0.1) is 19.9 Å². The van der Waals surface area contributed by atoms with Crippen molar-refractivity contribution in [2.45, 2.75) is 40.7 Å². The van der Waals surface area contributed by atoms with E-state index in [9.17, 15) is 9.59 Å². The highest BCUT2D eigenvalue weighted by Crippen LogP contribution is 2.36. The fraction of sp³-hybridized carbons (Fsp3) is 0.450. The topological polar surface area (TPSA) is 89.5 Å². The zero-order valence-corrected chi connectivity index (χ0v) is 18.1. The number of ether oxygens (including phenoxy) is 2. The summed E-state index contributed by atoms with van der Waals surface area (Å²) in [5.41, 5.74) is 1.06. The molecule has 0 radical (unpaired) electrons. The molecule has 1 unspecified atom stereocenters. The van der Waals surface area contributed by atoms with Crippen LogP contribution in [0.15, 0.2) is 18.2 Å². The zero-order chi connectivity index (χ0) is 21.1. The molecule has 0 saturated carbocycles. The molecule has 2 N–H and O–H groups in total. The van der Waals surface area contributed by atoms with E-state index in [-0.39, 0.29) is 11.8 Å². The molecule has 2 rings (SSSR count). The fourth-order valence-electron chi connectivity index (χ4n) is 2.39. The van der Waals surface area contributed by atoms with Gasteiger partial charge in [0.25, 0.3) is 0 Å². The lowest BCUT2D eigenvalue weighted by atomic mass is 9.95. The van der Waals surface area contributed by atoms with Gasteiger partial charge in [0.15, 0.2) is 16.6 Å². The molecule has 8 heteroatoms. The third-order valence-electron chi connectivity index (χ3n) is 4.11. The standard InChI is InChI=1S/C20H27N3O4S/c1-11(21-18(25)20(3,4)5)17(24)23-19-22-16(12(2)28-19)13-8-9-14(26-6)15(10-13)27-7/h8-11H,1-7H3,(H,21,25)(H,22,23,24). The van der Waals surface area contributed by atoms with Gasteiger partial charge in [-0.3, -0.25) is 9.59 Å².